The zero-order valence-electron chi connectivity index (χ0n) is 16.8. The minimum atomic E-state index is -0.0109. The normalized spacial score (nSPS) is 12.1. The van der Waals surface area contributed by atoms with Crippen LogP contribution in [0.15, 0.2) is 35.5 Å². The van der Waals surface area contributed by atoms with Crippen LogP contribution in [0.3, 0.4) is 0 Å². The maximum absolute atomic E-state index is 5.94. The van der Waals surface area contributed by atoms with Crippen molar-refractivity contribution in [2.45, 2.75) is 57.5 Å². The van der Waals surface area contributed by atoms with Gasteiger partial charge in [-0.1, -0.05) is 43.3 Å². The predicted molar refractivity (Wildman–Crippen MR) is 115 cm³/mol. The van der Waals surface area contributed by atoms with E-state index in [2.05, 4.69) is 52.5 Å². The second-order valence-electron chi connectivity index (χ2n) is 6.70. The molecule has 2 heterocycles. The topological polar surface area (TPSA) is 94.5 Å². The van der Waals surface area contributed by atoms with Gasteiger partial charge in [-0.05, 0) is 39.3 Å². The van der Waals surface area contributed by atoms with Crippen LogP contribution in [0.5, 0.6) is 0 Å². The second-order valence-corrected chi connectivity index (χ2v) is 8.00. The van der Waals surface area contributed by atoms with Crippen LogP contribution in [0, 0.1) is 13.8 Å². The Morgan fingerprint density at radius 1 is 1.11 bits per heavy atom. The molecule has 1 aromatic carbocycles. The number of aryl methyl sites for hydroxylation is 1. The van der Waals surface area contributed by atoms with Crippen LogP contribution in [0.4, 0.5) is 17.6 Å². The first-order chi connectivity index (χ1) is 13.5. The summed E-state index contributed by atoms with van der Waals surface area (Å²) in [5.74, 6) is 1.29. The van der Waals surface area contributed by atoms with Gasteiger partial charge in [0.25, 0.3) is 0 Å². The number of unbranched alkanes of at least 4 members (excludes halogenated alkanes) is 1. The van der Waals surface area contributed by atoms with E-state index in [9.17, 15) is 0 Å². The van der Waals surface area contributed by atoms with Crippen LogP contribution in [0.1, 0.15) is 49.2 Å². The Bertz CT molecular complexity index is 924. The van der Waals surface area contributed by atoms with E-state index in [0.717, 1.165) is 35.9 Å². The number of nitrogens with two attached hydrogens (primary N) is 1. The van der Waals surface area contributed by atoms with Crippen LogP contribution >= 0.6 is 11.8 Å². The SMILES string of the molecule is CCCCn1c(SC(C)c2nc(N)nc(Nc3ccccc3)n2)nc(C)c1C. The number of anilines is 3. The lowest BCUT2D eigenvalue weighted by Gasteiger charge is -2.14. The van der Waals surface area contributed by atoms with Crippen molar-refractivity contribution in [2.24, 2.45) is 0 Å². The van der Waals surface area contributed by atoms with Gasteiger partial charge in [-0.3, -0.25) is 0 Å². The quantitative estimate of drug-likeness (QED) is 0.534. The van der Waals surface area contributed by atoms with E-state index in [4.69, 9.17) is 10.7 Å². The van der Waals surface area contributed by atoms with E-state index in [0.29, 0.717) is 11.8 Å². The fourth-order valence-corrected chi connectivity index (χ4v) is 3.87. The van der Waals surface area contributed by atoms with E-state index in [1.165, 1.54) is 5.69 Å². The Kier molecular flexibility index (Phi) is 6.51. The molecule has 0 aliphatic rings. The van der Waals surface area contributed by atoms with Crippen LogP contribution in [0.2, 0.25) is 0 Å². The van der Waals surface area contributed by atoms with E-state index in [-0.39, 0.29) is 11.2 Å². The van der Waals surface area contributed by atoms with Gasteiger partial charge >= 0.3 is 0 Å². The first-order valence-electron chi connectivity index (χ1n) is 9.51. The summed E-state index contributed by atoms with van der Waals surface area (Å²) < 4.78 is 2.29. The number of rotatable bonds is 8. The lowest BCUT2D eigenvalue weighted by molar-refractivity contribution is 0.574. The molecular weight excluding hydrogens is 370 g/mol. The number of hydrogen-bond donors (Lipinski definition) is 2. The van der Waals surface area contributed by atoms with Gasteiger partial charge in [0.1, 0.15) is 5.82 Å². The molecular formula is C20H27N7S. The zero-order valence-corrected chi connectivity index (χ0v) is 17.6. The van der Waals surface area contributed by atoms with Crippen molar-refractivity contribution in [3.05, 3.63) is 47.5 Å². The number of nitrogen functional groups attached to an aromatic ring is 1. The highest BCUT2D eigenvalue weighted by Crippen LogP contribution is 2.34. The van der Waals surface area contributed by atoms with Gasteiger partial charge in [0.15, 0.2) is 5.16 Å². The molecule has 0 aliphatic heterocycles. The molecule has 0 saturated heterocycles. The Labute approximate surface area is 170 Å². The van der Waals surface area contributed by atoms with Gasteiger partial charge in [0, 0.05) is 17.9 Å². The van der Waals surface area contributed by atoms with Gasteiger partial charge in [-0.25, -0.2) is 4.98 Å². The van der Waals surface area contributed by atoms with Crippen molar-refractivity contribution in [1.29, 1.82) is 0 Å². The molecule has 3 rings (SSSR count). The Morgan fingerprint density at radius 2 is 1.86 bits per heavy atom. The summed E-state index contributed by atoms with van der Waals surface area (Å²) >= 11 is 1.65. The molecule has 0 fully saturated rings. The lowest BCUT2D eigenvalue weighted by atomic mass is 10.3. The fraction of sp³-hybridized carbons (Fsp3) is 0.400. The van der Waals surface area contributed by atoms with Crippen LogP contribution in [-0.4, -0.2) is 24.5 Å². The number of aromatic nitrogens is 5. The third-order valence-corrected chi connectivity index (χ3v) is 5.59. The largest absolute Gasteiger partial charge is 0.368 e. The van der Waals surface area contributed by atoms with E-state index < -0.39 is 0 Å². The third kappa shape index (κ3) is 4.81. The molecule has 3 aromatic rings. The highest BCUT2D eigenvalue weighted by atomic mass is 32.2. The van der Waals surface area contributed by atoms with Gasteiger partial charge in [0.2, 0.25) is 11.9 Å². The summed E-state index contributed by atoms with van der Waals surface area (Å²) in [5, 5.41) is 4.17. The maximum Gasteiger partial charge on any atom is 0.232 e. The van der Waals surface area contributed by atoms with E-state index in [1.807, 2.05) is 30.3 Å². The van der Waals surface area contributed by atoms with Crippen molar-refractivity contribution in [3.8, 4) is 0 Å². The fourth-order valence-electron chi connectivity index (χ4n) is 2.80. The number of nitrogens with one attached hydrogen (secondary N) is 1. The smallest absolute Gasteiger partial charge is 0.232 e. The zero-order chi connectivity index (χ0) is 20.1. The Hall–Kier alpha value is -2.61. The summed E-state index contributed by atoms with van der Waals surface area (Å²) in [6, 6.07) is 9.77. The van der Waals surface area contributed by atoms with Crippen molar-refractivity contribution in [2.75, 3.05) is 11.1 Å². The summed E-state index contributed by atoms with van der Waals surface area (Å²) in [7, 11) is 0. The number of hydrogen-bond acceptors (Lipinski definition) is 7. The van der Waals surface area contributed by atoms with E-state index >= 15 is 0 Å². The average Bonchev–Trinajstić information content (AvgIpc) is 2.93. The molecule has 0 spiro atoms. The van der Waals surface area contributed by atoms with Gasteiger partial charge in [-0.2, -0.15) is 15.0 Å². The predicted octanol–water partition coefficient (Wildman–Crippen LogP) is 4.66. The minimum Gasteiger partial charge on any atom is -0.368 e. The van der Waals surface area contributed by atoms with Crippen molar-refractivity contribution < 1.29 is 0 Å². The molecule has 0 bridgehead atoms. The first kappa shape index (κ1) is 20.1. The molecule has 7 nitrogen and oxygen atoms in total. The number of imidazole rings is 1. The molecule has 0 saturated carbocycles. The number of nitrogens with zero attached hydrogens (tertiary/aromatic N) is 5. The van der Waals surface area contributed by atoms with Gasteiger partial charge < -0.3 is 15.6 Å². The Morgan fingerprint density at radius 3 is 2.57 bits per heavy atom. The summed E-state index contributed by atoms with van der Waals surface area (Å²) in [6.45, 7) is 9.40. The highest BCUT2D eigenvalue weighted by molar-refractivity contribution is 7.99. The minimum absolute atomic E-state index is 0.0109. The van der Waals surface area contributed by atoms with Crippen molar-refractivity contribution in [3.63, 3.8) is 0 Å². The lowest BCUT2D eigenvalue weighted by Crippen LogP contribution is -2.09. The number of thioether (sulfide) groups is 1. The van der Waals surface area contributed by atoms with Crippen molar-refractivity contribution >= 4 is 29.3 Å². The summed E-state index contributed by atoms with van der Waals surface area (Å²) in [5.41, 5.74) is 9.11. The average molecular weight is 398 g/mol. The monoisotopic (exact) mass is 397 g/mol. The molecule has 148 valence electrons. The van der Waals surface area contributed by atoms with Crippen LogP contribution < -0.4 is 11.1 Å². The molecule has 1 atom stereocenters. The first-order valence-corrected chi connectivity index (χ1v) is 10.4. The molecule has 28 heavy (non-hydrogen) atoms. The number of para-hydroxylation sites is 1. The third-order valence-electron chi connectivity index (χ3n) is 4.50. The molecule has 3 N–H and O–H groups in total. The van der Waals surface area contributed by atoms with E-state index in [1.54, 1.807) is 11.8 Å². The number of benzene rings is 1. The summed E-state index contributed by atoms with van der Waals surface area (Å²) in [6.07, 6.45) is 2.28. The van der Waals surface area contributed by atoms with Crippen LogP contribution in [-0.2, 0) is 6.54 Å². The van der Waals surface area contributed by atoms with Crippen LogP contribution in [0.25, 0.3) is 0 Å². The molecule has 0 radical (unpaired) electrons. The van der Waals surface area contributed by atoms with Crippen molar-refractivity contribution in [1.82, 2.24) is 24.5 Å². The Balaban J connectivity index is 1.81. The molecule has 2 aromatic heterocycles. The highest BCUT2D eigenvalue weighted by Gasteiger charge is 2.19. The molecule has 1 unspecified atom stereocenters. The van der Waals surface area contributed by atoms with Gasteiger partial charge in [-0.15, -0.1) is 0 Å². The molecule has 0 aliphatic carbocycles. The standard InChI is InChI=1S/C20H27N7S/c1-5-6-12-27-14(3)13(2)22-20(27)28-15(4)17-24-18(21)26-19(25-17)23-16-10-8-7-9-11-16/h7-11,15H,5-6,12H2,1-4H3,(H3,21,23,24,25,26). The molecule has 0 amide bonds. The maximum atomic E-state index is 5.94. The molecule has 8 heteroatoms. The second kappa shape index (κ2) is 9.05. The summed E-state index contributed by atoms with van der Waals surface area (Å²) in [4.78, 5) is 17.9. The van der Waals surface area contributed by atoms with Gasteiger partial charge in [0.05, 0.1) is 10.9 Å².